The first kappa shape index (κ1) is 11.5. The summed E-state index contributed by atoms with van der Waals surface area (Å²) in [5.74, 6) is -0.229. The Morgan fingerprint density at radius 3 is 2.94 bits per heavy atom. The van der Waals surface area contributed by atoms with Crippen molar-refractivity contribution >= 4 is 0 Å². The van der Waals surface area contributed by atoms with Crippen molar-refractivity contribution in [3.63, 3.8) is 0 Å². The van der Waals surface area contributed by atoms with Crippen LogP contribution in [0, 0.1) is 5.82 Å². The second kappa shape index (κ2) is 5.39. The molecule has 1 aromatic rings. The highest BCUT2D eigenvalue weighted by Gasteiger charge is 2.22. The van der Waals surface area contributed by atoms with E-state index in [-0.39, 0.29) is 11.9 Å². The third-order valence-corrected chi connectivity index (χ3v) is 2.83. The normalized spacial score (nSPS) is 19.6. The van der Waals surface area contributed by atoms with Crippen LogP contribution < -0.4 is 5.73 Å². The number of nitrogens with zero attached hydrogens (tertiary/aromatic N) is 1. The van der Waals surface area contributed by atoms with Gasteiger partial charge >= 0.3 is 0 Å². The fourth-order valence-corrected chi connectivity index (χ4v) is 2.00. The minimum atomic E-state index is -0.229. The van der Waals surface area contributed by atoms with Crippen molar-refractivity contribution in [1.82, 2.24) is 5.06 Å². The number of benzene rings is 1. The molecule has 1 aliphatic heterocycles. The molecule has 88 valence electrons. The third kappa shape index (κ3) is 2.58. The highest BCUT2D eigenvalue weighted by atomic mass is 19.1. The van der Waals surface area contributed by atoms with E-state index in [1.165, 1.54) is 12.1 Å². The molecule has 0 spiro atoms. The molecule has 16 heavy (non-hydrogen) atoms. The number of hydroxylamine groups is 2. The summed E-state index contributed by atoms with van der Waals surface area (Å²) in [6, 6.07) is 6.51. The second-order valence-corrected chi connectivity index (χ2v) is 3.99. The van der Waals surface area contributed by atoms with E-state index in [4.69, 9.17) is 10.6 Å². The number of rotatable bonds is 3. The largest absolute Gasteiger partial charge is 0.329 e. The van der Waals surface area contributed by atoms with Crippen molar-refractivity contribution < 1.29 is 9.23 Å². The Balaban J connectivity index is 2.14. The van der Waals surface area contributed by atoms with E-state index in [2.05, 4.69) is 0 Å². The molecule has 0 aliphatic carbocycles. The molecule has 0 aromatic heterocycles. The van der Waals surface area contributed by atoms with Gasteiger partial charge in [0.2, 0.25) is 0 Å². The molecular formula is C12H17FN2O. The molecule has 3 nitrogen and oxygen atoms in total. The average molecular weight is 224 g/mol. The predicted molar refractivity (Wildman–Crippen MR) is 60.1 cm³/mol. The van der Waals surface area contributed by atoms with Gasteiger partial charge in [-0.1, -0.05) is 12.1 Å². The summed E-state index contributed by atoms with van der Waals surface area (Å²) in [5.41, 5.74) is 6.62. The lowest BCUT2D eigenvalue weighted by molar-refractivity contribution is -0.206. The molecule has 4 heteroatoms. The van der Waals surface area contributed by atoms with Crippen LogP contribution in [0.15, 0.2) is 24.3 Å². The molecule has 1 saturated heterocycles. The van der Waals surface area contributed by atoms with Gasteiger partial charge in [0.1, 0.15) is 5.82 Å². The smallest absolute Gasteiger partial charge is 0.123 e. The molecule has 0 radical (unpaired) electrons. The van der Waals surface area contributed by atoms with Gasteiger partial charge in [0.05, 0.1) is 12.6 Å². The van der Waals surface area contributed by atoms with Crippen molar-refractivity contribution in [3.05, 3.63) is 35.6 Å². The Hall–Kier alpha value is -0.970. The van der Waals surface area contributed by atoms with Crippen LogP contribution in [0.2, 0.25) is 0 Å². The van der Waals surface area contributed by atoms with Gasteiger partial charge in [0.15, 0.2) is 0 Å². The van der Waals surface area contributed by atoms with E-state index < -0.39 is 0 Å². The van der Waals surface area contributed by atoms with Gasteiger partial charge in [0, 0.05) is 13.1 Å². The van der Waals surface area contributed by atoms with Crippen molar-refractivity contribution in [2.24, 2.45) is 5.73 Å². The molecule has 0 bridgehead atoms. The van der Waals surface area contributed by atoms with Crippen LogP contribution in [0.1, 0.15) is 24.4 Å². The highest BCUT2D eigenvalue weighted by molar-refractivity contribution is 5.20. The van der Waals surface area contributed by atoms with Crippen LogP contribution in [0.3, 0.4) is 0 Å². The van der Waals surface area contributed by atoms with E-state index in [0.29, 0.717) is 6.54 Å². The maximum atomic E-state index is 13.1. The Morgan fingerprint density at radius 2 is 2.31 bits per heavy atom. The quantitative estimate of drug-likeness (QED) is 0.851. The topological polar surface area (TPSA) is 38.5 Å². The first-order chi connectivity index (χ1) is 7.81. The van der Waals surface area contributed by atoms with E-state index in [1.807, 2.05) is 11.1 Å². The number of hydrogen-bond acceptors (Lipinski definition) is 3. The van der Waals surface area contributed by atoms with Crippen LogP contribution in [0.4, 0.5) is 4.39 Å². The molecule has 1 heterocycles. The van der Waals surface area contributed by atoms with E-state index >= 15 is 0 Å². The van der Waals surface area contributed by atoms with Crippen molar-refractivity contribution in [1.29, 1.82) is 0 Å². The SMILES string of the molecule is NCC(c1cccc(F)c1)N1CCCCO1. The van der Waals surface area contributed by atoms with Crippen LogP contribution in [0.25, 0.3) is 0 Å². The Bertz CT molecular complexity index is 340. The highest BCUT2D eigenvalue weighted by Crippen LogP contribution is 2.23. The molecule has 1 unspecified atom stereocenters. The van der Waals surface area contributed by atoms with Crippen molar-refractivity contribution in [3.8, 4) is 0 Å². The molecule has 2 rings (SSSR count). The maximum Gasteiger partial charge on any atom is 0.123 e. The minimum absolute atomic E-state index is 0.0454. The fraction of sp³-hybridized carbons (Fsp3) is 0.500. The monoisotopic (exact) mass is 224 g/mol. The molecule has 0 saturated carbocycles. The van der Waals surface area contributed by atoms with Gasteiger partial charge in [-0.3, -0.25) is 4.84 Å². The molecule has 1 aromatic carbocycles. The summed E-state index contributed by atoms with van der Waals surface area (Å²) in [4.78, 5) is 5.56. The number of hydrogen-bond donors (Lipinski definition) is 1. The molecule has 2 N–H and O–H groups in total. The Labute approximate surface area is 94.9 Å². The molecule has 1 aliphatic rings. The third-order valence-electron chi connectivity index (χ3n) is 2.83. The molecular weight excluding hydrogens is 207 g/mol. The molecule has 0 amide bonds. The standard InChI is InChI=1S/C12H17FN2O/c13-11-5-3-4-10(8-11)12(9-14)15-6-1-2-7-16-15/h3-5,8,12H,1-2,6-7,9,14H2. The van der Waals surface area contributed by atoms with Crippen LogP contribution in [-0.2, 0) is 4.84 Å². The number of nitrogens with two attached hydrogens (primary N) is 1. The summed E-state index contributed by atoms with van der Waals surface area (Å²) >= 11 is 0. The molecule has 1 fully saturated rings. The Morgan fingerprint density at radius 1 is 1.44 bits per heavy atom. The van der Waals surface area contributed by atoms with Crippen LogP contribution in [-0.4, -0.2) is 24.8 Å². The summed E-state index contributed by atoms with van der Waals surface area (Å²) < 4.78 is 13.1. The summed E-state index contributed by atoms with van der Waals surface area (Å²) in [6.45, 7) is 2.02. The lowest BCUT2D eigenvalue weighted by Gasteiger charge is -2.33. The zero-order valence-corrected chi connectivity index (χ0v) is 9.23. The molecule has 1 atom stereocenters. The van der Waals surface area contributed by atoms with E-state index in [9.17, 15) is 4.39 Å². The van der Waals surface area contributed by atoms with Gasteiger partial charge in [-0.05, 0) is 30.5 Å². The lowest BCUT2D eigenvalue weighted by Crippen LogP contribution is -2.37. The summed E-state index contributed by atoms with van der Waals surface area (Å²) in [5, 5.41) is 1.87. The van der Waals surface area contributed by atoms with Gasteiger partial charge in [-0.25, -0.2) is 4.39 Å². The summed E-state index contributed by atoms with van der Waals surface area (Å²) in [7, 11) is 0. The predicted octanol–water partition coefficient (Wildman–Crippen LogP) is 1.85. The van der Waals surface area contributed by atoms with Crippen molar-refractivity contribution in [2.45, 2.75) is 18.9 Å². The van der Waals surface area contributed by atoms with Gasteiger partial charge in [0.25, 0.3) is 0 Å². The number of halogens is 1. The zero-order chi connectivity index (χ0) is 11.4. The lowest BCUT2D eigenvalue weighted by atomic mass is 10.1. The first-order valence-corrected chi connectivity index (χ1v) is 5.66. The van der Waals surface area contributed by atoms with Crippen molar-refractivity contribution in [2.75, 3.05) is 19.7 Å². The summed E-state index contributed by atoms with van der Waals surface area (Å²) in [6.07, 6.45) is 2.18. The van der Waals surface area contributed by atoms with E-state index in [0.717, 1.165) is 31.6 Å². The van der Waals surface area contributed by atoms with Crippen LogP contribution in [0.5, 0.6) is 0 Å². The minimum Gasteiger partial charge on any atom is -0.329 e. The van der Waals surface area contributed by atoms with Gasteiger partial charge in [-0.2, -0.15) is 5.06 Å². The average Bonchev–Trinajstić information content (AvgIpc) is 2.31. The van der Waals surface area contributed by atoms with Crippen LogP contribution >= 0.6 is 0 Å². The Kier molecular flexibility index (Phi) is 3.88. The van der Waals surface area contributed by atoms with E-state index in [1.54, 1.807) is 6.07 Å². The fourth-order valence-electron chi connectivity index (χ4n) is 2.00. The van der Waals surface area contributed by atoms with Gasteiger partial charge < -0.3 is 5.73 Å². The second-order valence-electron chi connectivity index (χ2n) is 3.99. The van der Waals surface area contributed by atoms with Gasteiger partial charge in [-0.15, -0.1) is 0 Å². The zero-order valence-electron chi connectivity index (χ0n) is 9.23. The first-order valence-electron chi connectivity index (χ1n) is 5.66. The maximum absolute atomic E-state index is 13.1.